The fourth-order valence-corrected chi connectivity index (χ4v) is 3.77. The lowest BCUT2D eigenvalue weighted by Crippen LogP contribution is -2.36. The first-order valence-electron chi connectivity index (χ1n) is 10.2. The highest BCUT2D eigenvalue weighted by atomic mass is 16.5. The summed E-state index contributed by atoms with van der Waals surface area (Å²) in [4.78, 5) is 25.1. The molecule has 1 atom stereocenters. The highest BCUT2D eigenvalue weighted by Crippen LogP contribution is 2.15. The number of nitrogens with one attached hydrogen (secondary N) is 1. The van der Waals surface area contributed by atoms with Crippen LogP contribution in [0.5, 0.6) is 5.75 Å². The van der Waals surface area contributed by atoms with Crippen molar-refractivity contribution < 1.29 is 9.53 Å². The van der Waals surface area contributed by atoms with Gasteiger partial charge in [0.2, 0.25) is 5.91 Å². The van der Waals surface area contributed by atoms with Gasteiger partial charge in [0.1, 0.15) is 11.6 Å². The number of rotatable bonds is 7. The second kappa shape index (κ2) is 8.98. The summed E-state index contributed by atoms with van der Waals surface area (Å²) in [6.45, 7) is 1.52. The number of nitrogens with zero attached hydrogens (tertiary/aromatic N) is 5. The average Bonchev–Trinajstić information content (AvgIpc) is 3.32. The molecule has 158 valence electrons. The maximum atomic E-state index is 12.8. The van der Waals surface area contributed by atoms with Gasteiger partial charge in [0.15, 0.2) is 0 Å². The number of methoxy groups -OCH3 is 1. The molecule has 30 heavy (non-hydrogen) atoms. The number of aryl methyl sites for hydroxylation is 2. The maximum Gasteiger partial charge on any atom is 0.346 e. The van der Waals surface area contributed by atoms with Crippen LogP contribution in [0.25, 0.3) is 0 Å². The average molecular weight is 410 g/mol. The minimum Gasteiger partial charge on any atom is -0.497 e. The molecular weight excluding hydrogens is 384 g/mol. The summed E-state index contributed by atoms with van der Waals surface area (Å²) in [5.74, 6) is 1.54. The lowest BCUT2D eigenvalue weighted by molar-refractivity contribution is -0.122. The topological polar surface area (TPSA) is 96.0 Å². The minimum absolute atomic E-state index is 0.00507. The molecule has 9 nitrogen and oxygen atoms in total. The van der Waals surface area contributed by atoms with E-state index in [4.69, 9.17) is 4.74 Å². The Bertz CT molecular complexity index is 1050. The van der Waals surface area contributed by atoms with Gasteiger partial charge in [0.25, 0.3) is 0 Å². The number of carbonyl (C=O) groups excluding carboxylic acids is 1. The van der Waals surface area contributed by atoms with E-state index in [2.05, 4.69) is 15.5 Å². The van der Waals surface area contributed by atoms with Gasteiger partial charge in [-0.3, -0.25) is 14.0 Å². The molecule has 0 saturated carbocycles. The molecule has 0 spiro atoms. The molecule has 1 aliphatic heterocycles. The molecular formula is C21H26N6O3. The Morgan fingerprint density at radius 2 is 2.20 bits per heavy atom. The van der Waals surface area contributed by atoms with Crippen LogP contribution in [0.3, 0.4) is 0 Å². The molecule has 0 fully saturated rings. The zero-order chi connectivity index (χ0) is 20.9. The highest BCUT2D eigenvalue weighted by molar-refractivity contribution is 5.76. The van der Waals surface area contributed by atoms with Crippen molar-refractivity contribution in [3.8, 4) is 5.75 Å². The summed E-state index contributed by atoms with van der Waals surface area (Å²) in [7, 11) is 1.62. The van der Waals surface area contributed by atoms with E-state index in [0.717, 1.165) is 23.6 Å². The van der Waals surface area contributed by atoms with E-state index < -0.39 is 0 Å². The van der Waals surface area contributed by atoms with E-state index in [9.17, 15) is 9.59 Å². The van der Waals surface area contributed by atoms with Crippen molar-refractivity contribution >= 4 is 5.91 Å². The second-order valence-corrected chi connectivity index (χ2v) is 7.47. The first-order chi connectivity index (χ1) is 14.6. The Kier molecular flexibility index (Phi) is 5.97. The van der Waals surface area contributed by atoms with Gasteiger partial charge in [-0.05, 0) is 36.6 Å². The molecule has 0 saturated heterocycles. The molecule has 1 amide bonds. The van der Waals surface area contributed by atoms with E-state index >= 15 is 0 Å². The standard InChI is InChI=1S/C21H26N6O3/c1-30-18-5-2-4-16(14-18)15-27-21(29)26-13-8-17(6-7-19(26)24-27)23-20(28)9-12-25-11-3-10-22-25/h2-5,10-11,14,17H,6-9,12-13,15H2,1H3,(H,23,28). The summed E-state index contributed by atoms with van der Waals surface area (Å²) in [5.41, 5.74) is 0.852. The molecule has 0 bridgehead atoms. The maximum absolute atomic E-state index is 12.8. The molecule has 4 rings (SSSR count). The van der Waals surface area contributed by atoms with Gasteiger partial charge in [-0.2, -0.15) is 10.2 Å². The number of ether oxygens (including phenoxy) is 1. The van der Waals surface area contributed by atoms with E-state index in [1.807, 2.05) is 36.5 Å². The van der Waals surface area contributed by atoms with E-state index in [-0.39, 0.29) is 17.6 Å². The SMILES string of the molecule is COc1cccc(Cn2nc3n(c2=O)CCC(NC(=O)CCn2cccn2)CC3)c1. The Hall–Kier alpha value is -3.36. The van der Waals surface area contributed by atoms with Crippen LogP contribution in [0.4, 0.5) is 0 Å². The van der Waals surface area contributed by atoms with Crippen LogP contribution in [-0.2, 0) is 30.8 Å². The Morgan fingerprint density at radius 3 is 3.00 bits per heavy atom. The fourth-order valence-electron chi connectivity index (χ4n) is 3.77. The fraction of sp³-hybridized carbons (Fsp3) is 0.429. The molecule has 1 unspecified atom stereocenters. The molecule has 0 aliphatic carbocycles. The van der Waals surface area contributed by atoms with Gasteiger partial charge < -0.3 is 10.1 Å². The van der Waals surface area contributed by atoms with Crippen molar-refractivity contribution in [2.24, 2.45) is 0 Å². The zero-order valence-corrected chi connectivity index (χ0v) is 17.0. The van der Waals surface area contributed by atoms with Crippen LogP contribution in [-0.4, -0.2) is 43.2 Å². The van der Waals surface area contributed by atoms with Crippen LogP contribution >= 0.6 is 0 Å². The van der Waals surface area contributed by atoms with E-state index in [1.165, 1.54) is 4.68 Å². The summed E-state index contributed by atoms with van der Waals surface area (Å²) >= 11 is 0. The molecule has 1 N–H and O–H groups in total. The zero-order valence-electron chi connectivity index (χ0n) is 17.0. The lowest BCUT2D eigenvalue weighted by atomic mass is 10.1. The summed E-state index contributed by atoms with van der Waals surface area (Å²) in [5, 5.41) is 11.7. The lowest BCUT2D eigenvalue weighted by Gasteiger charge is -2.16. The highest BCUT2D eigenvalue weighted by Gasteiger charge is 2.22. The normalized spacial score (nSPS) is 16.0. The summed E-state index contributed by atoms with van der Waals surface area (Å²) in [6, 6.07) is 9.52. The molecule has 1 aromatic carbocycles. The van der Waals surface area contributed by atoms with Crippen molar-refractivity contribution in [1.82, 2.24) is 29.4 Å². The first kappa shape index (κ1) is 19.9. The predicted octanol–water partition coefficient (Wildman–Crippen LogP) is 1.21. The van der Waals surface area contributed by atoms with Crippen molar-refractivity contribution in [3.63, 3.8) is 0 Å². The van der Waals surface area contributed by atoms with Gasteiger partial charge in [-0.1, -0.05) is 12.1 Å². The number of hydrogen-bond donors (Lipinski definition) is 1. The number of hydrogen-bond acceptors (Lipinski definition) is 5. The molecule has 0 radical (unpaired) electrons. The summed E-state index contributed by atoms with van der Waals surface area (Å²) in [6.07, 6.45) is 6.06. The summed E-state index contributed by atoms with van der Waals surface area (Å²) < 4.78 is 10.2. The van der Waals surface area contributed by atoms with Crippen molar-refractivity contribution in [2.75, 3.05) is 7.11 Å². The van der Waals surface area contributed by atoms with Gasteiger partial charge in [-0.15, -0.1) is 0 Å². The number of benzene rings is 1. The number of carbonyl (C=O) groups is 1. The second-order valence-electron chi connectivity index (χ2n) is 7.47. The van der Waals surface area contributed by atoms with Gasteiger partial charge in [0.05, 0.1) is 13.7 Å². The predicted molar refractivity (Wildman–Crippen MR) is 110 cm³/mol. The third-order valence-electron chi connectivity index (χ3n) is 5.38. The number of aromatic nitrogens is 5. The van der Waals surface area contributed by atoms with Crippen molar-refractivity contribution in [1.29, 1.82) is 0 Å². The molecule has 3 aromatic rings. The van der Waals surface area contributed by atoms with Crippen LogP contribution in [0.2, 0.25) is 0 Å². The quantitative estimate of drug-likeness (QED) is 0.632. The van der Waals surface area contributed by atoms with Crippen molar-refractivity contribution in [3.05, 3.63) is 64.6 Å². The Labute approximate surface area is 174 Å². The van der Waals surface area contributed by atoms with Gasteiger partial charge in [-0.25, -0.2) is 9.48 Å². The Morgan fingerprint density at radius 1 is 1.30 bits per heavy atom. The minimum atomic E-state index is -0.113. The van der Waals surface area contributed by atoms with Gasteiger partial charge >= 0.3 is 5.69 Å². The third kappa shape index (κ3) is 4.61. The molecule has 9 heteroatoms. The van der Waals surface area contributed by atoms with Crippen LogP contribution in [0, 0.1) is 0 Å². The van der Waals surface area contributed by atoms with Crippen LogP contribution in [0.1, 0.15) is 30.7 Å². The number of fused-ring (bicyclic) bond motifs is 1. The molecule has 3 heterocycles. The number of amides is 1. The largest absolute Gasteiger partial charge is 0.497 e. The van der Waals surface area contributed by atoms with Crippen molar-refractivity contribution in [2.45, 2.75) is 51.4 Å². The molecule has 2 aromatic heterocycles. The molecule has 1 aliphatic rings. The first-order valence-corrected chi connectivity index (χ1v) is 10.2. The van der Waals surface area contributed by atoms with Gasteiger partial charge in [0, 0.05) is 44.4 Å². The van der Waals surface area contributed by atoms with E-state index in [0.29, 0.717) is 38.9 Å². The van der Waals surface area contributed by atoms with E-state index in [1.54, 1.807) is 22.6 Å². The monoisotopic (exact) mass is 410 g/mol. The third-order valence-corrected chi connectivity index (χ3v) is 5.38. The Balaban J connectivity index is 1.35. The van der Waals surface area contributed by atoms with Crippen LogP contribution in [0.15, 0.2) is 47.5 Å². The van der Waals surface area contributed by atoms with Crippen LogP contribution < -0.4 is 15.7 Å². The smallest absolute Gasteiger partial charge is 0.346 e.